The van der Waals surface area contributed by atoms with Gasteiger partial charge in [-0.1, -0.05) is 0 Å². The molecule has 0 heterocycles. The van der Waals surface area contributed by atoms with Crippen molar-refractivity contribution in [2.75, 3.05) is 6.61 Å². The summed E-state index contributed by atoms with van der Waals surface area (Å²) in [6.07, 6.45) is 2.16. The fraction of sp³-hybridized carbons (Fsp3) is 0.318. The summed E-state index contributed by atoms with van der Waals surface area (Å²) in [4.78, 5) is 12.8. The summed E-state index contributed by atoms with van der Waals surface area (Å²) >= 11 is -0.815. The van der Waals surface area contributed by atoms with Crippen LogP contribution in [0.2, 0.25) is 0 Å². The van der Waals surface area contributed by atoms with Gasteiger partial charge in [0.15, 0.2) is 0 Å². The molecule has 0 fully saturated rings. The van der Waals surface area contributed by atoms with Crippen LogP contribution in [0.15, 0.2) is 64.3 Å². The van der Waals surface area contributed by atoms with Crippen LogP contribution in [0.25, 0.3) is 5.57 Å². The van der Waals surface area contributed by atoms with Gasteiger partial charge in [0.05, 0.1) is 0 Å². The molecule has 1 atom stereocenters. The molecule has 0 aromatic heterocycles. The monoisotopic (exact) mass is 452 g/mol. The number of carbonyl (C=O) groups is 1. The van der Waals surface area contributed by atoms with Crippen molar-refractivity contribution in [3.05, 3.63) is 69.8 Å². The van der Waals surface area contributed by atoms with E-state index in [1.54, 1.807) is 0 Å². The summed E-state index contributed by atoms with van der Waals surface area (Å²) in [7, 11) is 0. The zero-order valence-corrected chi connectivity index (χ0v) is 17.5. The van der Waals surface area contributed by atoms with Crippen molar-refractivity contribution in [1.82, 2.24) is 0 Å². The fourth-order valence-electron chi connectivity index (χ4n) is 2.84. The molecule has 0 aliphatic heterocycles. The molecule has 0 saturated heterocycles. The Hall–Kier alpha value is -1.56. The standard InChI is InChI=1S/C22H26O2Te/c1-4-12-17(3)20(18-13-8-6-9-14-18)21(22(23)24-5-2)25-19-15-10-7-11-16-19/h6-11,13-17H,4-5,12H2,1-3H3/b21-20-. The summed E-state index contributed by atoms with van der Waals surface area (Å²) in [6.45, 7) is 6.70. The minimum atomic E-state index is -0.815. The van der Waals surface area contributed by atoms with E-state index >= 15 is 0 Å². The second-order valence-electron chi connectivity index (χ2n) is 5.93. The molecule has 2 aromatic rings. The van der Waals surface area contributed by atoms with Crippen LogP contribution in [0.1, 0.15) is 39.2 Å². The first kappa shape index (κ1) is 19.8. The topological polar surface area (TPSA) is 26.3 Å². The van der Waals surface area contributed by atoms with Crippen LogP contribution in [0.3, 0.4) is 0 Å². The average Bonchev–Trinajstić information content (AvgIpc) is 2.63. The van der Waals surface area contributed by atoms with Gasteiger partial charge in [0.25, 0.3) is 0 Å². The number of rotatable bonds is 8. The summed E-state index contributed by atoms with van der Waals surface area (Å²) in [5.41, 5.74) is 2.32. The molecule has 2 rings (SSSR count). The molecule has 132 valence electrons. The molecule has 0 bridgehead atoms. The van der Waals surface area contributed by atoms with E-state index in [0.717, 1.165) is 22.0 Å². The van der Waals surface area contributed by atoms with Gasteiger partial charge in [-0.05, 0) is 0 Å². The van der Waals surface area contributed by atoms with Crippen molar-refractivity contribution >= 4 is 36.1 Å². The van der Waals surface area contributed by atoms with Gasteiger partial charge in [-0.3, -0.25) is 0 Å². The van der Waals surface area contributed by atoms with Crippen LogP contribution < -0.4 is 3.61 Å². The van der Waals surface area contributed by atoms with Crippen molar-refractivity contribution in [2.24, 2.45) is 5.92 Å². The van der Waals surface area contributed by atoms with Crippen molar-refractivity contribution in [2.45, 2.75) is 33.6 Å². The van der Waals surface area contributed by atoms with Crippen molar-refractivity contribution in [3.8, 4) is 0 Å². The van der Waals surface area contributed by atoms with Crippen LogP contribution in [0, 0.1) is 5.92 Å². The van der Waals surface area contributed by atoms with Crippen LogP contribution in [0.5, 0.6) is 0 Å². The van der Waals surface area contributed by atoms with Gasteiger partial charge in [-0.15, -0.1) is 0 Å². The molecule has 1 unspecified atom stereocenters. The number of carbonyl (C=O) groups excluding carboxylic acids is 1. The fourth-order valence-corrected chi connectivity index (χ4v) is 5.98. The van der Waals surface area contributed by atoms with Gasteiger partial charge in [-0.25, -0.2) is 0 Å². The summed E-state index contributed by atoms with van der Waals surface area (Å²) in [5, 5.41) is 0. The van der Waals surface area contributed by atoms with E-state index in [2.05, 4.69) is 38.1 Å². The Bertz CT molecular complexity index is 692. The maximum atomic E-state index is 12.8. The predicted octanol–water partition coefficient (Wildman–Crippen LogP) is 4.43. The van der Waals surface area contributed by atoms with Crippen LogP contribution in [-0.2, 0) is 9.53 Å². The van der Waals surface area contributed by atoms with Gasteiger partial charge in [0.2, 0.25) is 0 Å². The SMILES string of the molecule is CCCC(C)/C(=C(/[Te]c1ccccc1)C(=O)OCC)c1ccccc1. The Morgan fingerprint density at radius 1 is 1.00 bits per heavy atom. The number of ether oxygens (including phenoxy) is 1. The van der Waals surface area contributed by atoms with E-state index in [4.69, 9.17) is 4.74 Å². The molecular weight excluding hydrogens is 424 g/mol. The van der Waals surface area contributed by atoms with Crippen LogP contribution in [0.4, 0.5) is 0 Å². The Morgan fingerprint density at radius 3 is 2.16 bits per heavy atom. The third-order valence-corrected chi connectivity index (χ3v) is 7.10. The maximum absolute atomic E-state index is 12.8. The quantitative estimate of drug-likeness (QED) is 0.338. The normalized spacial score (nSPS) is 13.1. The molecule has 0 N–H and O–H groups in total. The summed E-state index contributed by atoms with van der Waals surface area (Å²) in [5.74, 6) is 0.191. The number of benzene rings is 2. The van der Waals surface area contributed by atoms with Crippen molar-refractivity contribution in [1.29, 1.82) is 0 Å². The Labute approximate surface area is 161 Å². The van der Waals surface area contributed by atoms with E-state index in [1.807, 2.05) is 43.3 Å². The molecule has 0 radical (unpaired) electrons. The number of hydrogen-bond donors (Lipinski definition) is 0. The van der Waals surface area contributed by atoms with Crippen molar-refractivity contribution in [3.63, 3.8) is 0 Å². The molecule has 2 aromatic carbocycles. The number of allylic oxidation sites excluding steroid dienone is 1. The first-order chi connectivity index (χ1) is 12.2. The molecule has 0 saturated carbocycles. The Morgan fingerprint density at radius 2 is 1.60 bits per heavy atom. The second kappa shape index (κ2) is 10.4. The first-order valence-electron chi connectivity index (χ1n) is 8.87. The second-order valence-corrected chi connectivity index (χ2v) is 9.03. The van der Waals surface area contributed by atoms with Gasteiger partial charge in [0, 0.05) is 0 Å². The zero-order valence-electron chi connectivity index (χ0n) is 15.2. The van der Waals surface area contributed by atoms with E-state index in [0.29, 0.717) is 12.5 Å². The van der Waals surface area contributed by atoms with Gasteiger partial charge in [-0.2, -0.15) is 0 Å². The number of esters is 1. The van der Waals surface area contributed by atoms with Gasteiger partial charge < -0.3 is 0 Å². The van der Waals surface area contributed by atoms with Gasteiger partial charge in [0.1, 0.15) is 0 Å². The predicted molar refractivity (Wildman–Crippen MR) is 106 cm³/mol. The molecule has 2 nitrogen and oxygen atoms in total. The third-order valence-electron chi connectivity index (χ3n) is 3.97. The van der Waals surface area contributed by atoms with E-state index in [1.165, 1.54) is 9.18 Å². The molecule has 0 aliphatic rings. The van der Waals surface area contributed by atoms with E-state index in [9.17, 15) is 4.79 Å². The molecule has 25 heavy (non-hydrogen) atoms. The molecular formula is C22H26O2Te. The Balaban J connectivity index is 2.56. The third kappa shape index (κ3) is 5.73. The van der Waals surface area contributed by atoms with Gasteiger partial charge >= 0.3 is 162 Å². The zero-order chi connectivity index (χ0) is 18.1. The van der Waals surface area contributed by atoms with Crippen LogP contribution in [-0.4, -0.2) is 33.5 Å². The molecule has 0 aliphatic carbocycles. The Kier molecular flexibility index (Phi) is 8.25. The van der Waals surface area contributed by atoms with Crippen LogP contribution >= 0.6 is 0 Å². The number of hydrogen-bond acceptors (Lipinski definition) is 2. The molecule has 0 amide bonds. The first-order valence-corrected chi connectivity index (χ1v) is 11.2. The molecule has 3 heteroatoms. The van der Waals surface area contributed by atoms with Crippen molar-refractivity contribution < 1.29 is 9.53 Å². The summed E-state index contributed by atoms with van der Waals surface area (Å²) in [6, 6.07) is 20.7. The minimum absolute atomic E-state index is 0.143. The molecule has 0 spiro atoms. The van der Waals surface area contributed by atoms with E-state index in [-0.39, 0.29) is 5.97 Å². The average molecular weight is 450 g/mol. The summed E-state index contributed by atoms with van der Waals surface area (Å²) < 4.78 is 7.61. The van der Waals surface area contributed by atoms with E-state index < -0.39 is 20.9 Å².